The lowest BCUT2D eigenvalue weighted by Gasteiger charge is -2.25. The summed E-state index contributed by atoms with van der Waals surface area (Å²) < 4.78 is 24.7. The van der Waals surface area contributed by atoms with E-state index in [2.05, 4.69) is 0 Å². The summed E-state index contributed by atoms with van der Waals surface area (Å²) in [5.74, 6) is -0.152. The van der Waals surface area contributed by atoms with Crippen molar-refractivity contribution in [2.24, 2.45) is 0 Å². The van der Waals surface area contributed by atoms with Gasteiger partial charge in [-0.3, -0.25) is 4.79 Å². The Bertz CT molecular complexity index is 618. The van der Waals surface area contributed by atoms with Crippen molar-refractivity contribution in [3.8, 4) is 0 Å². The topological polar surface area (TPSA) is 59.4 Å². The number of hydrogen-bond acceptors (Lipinski definition) is 3. The van der Waals surface area contributed by atoms with E-state index >= 15 is 0 Å². The maximum absolute atomic E-state index is 12.6. The number of hydrogen-bond donors (Lipinski definition) is 0. The molecule has 2 rings (SSSR count). The van der Waals surface area contributed by atoms with Crippen LogP contribution in [0.4, 0.5) is 0 Å². The van der Waals surface area contributed by atoms with E-state index in [0.29, 0.717) is 12.2 Å². The van der Waals surface area contributed by atoms with Gasteiger partial charge >= 0.3 is 0 Å². The van der Waals surface area contributed by atoms with Gasteiger partial charge in [0.15, 0.2) is 0 Å². The second-order valence-corrected chi connectivity index (χ2v) is 7.89. The fourth-order valence-electron chi connectivity index (χ4n) is 2.30. The maximum Gasteiger partial charge on any atom is 0.270 e. The monoisotopic (exact) mass is 318 g/mol. The molecular formula is C13H19ClN2O3S. The van der Waals surface area contributed by atoms with Crippen LogP contribution in [-0.4, -0.2) is 36.4 Å². The van der Waals surface area contributed by atoms with Crippen molar-refractivity contribution in [1.82, 2.24) is 9.47 Å². The molecule has 1 saturated carbocycles. The summed E-state index contributed by atoms with van der Waals surface area (Å²) in [4.78, 5) is 14.3. The van der Waals surface area contributed by atoms with Gasteiger partial charge in [-0.15, -0.1) is 0 Å². The summed E-state index contributed by atoms with van der Waals surface area (Å²) in [5, 5.41) is 0. The molecule has 1 fully saturated rings. The standard InChI is InChI=1S/C13H19ClN2O3S/c1-4-15(9(2)3)13(17)12-7-11(20(14,18)19)8-16(12)10-5-6-10/h7-10H,4-6H2,1-3H3. The molecule has 0 atom stereocenters. The van der Waals surface area contributed by atoms with E-state index in [-0.39, 0.29) is 22.9 Å². The van der Waals surface area contributed by atoms with Crippen LogP contribution in [0, 0.1) is 0 Å². The molecule has 0 saturated heterocycles. The molecule has 20 heavy (non-hydrogen) atoms. The SMILES string of the molecule is CCN(C(=O)c1cc(S(=O)(=O)Cl)cn1C1CC1)C(C)C. The van der Waals surface area contributed by atoms with Crippen LogP contribution in [-0.2, 0) is 9.05 Å². The summed E-state index contributed by atoms with van der Waals surface area (Å²) in [6, 6.07) is 1.66. The third-order valence-corrected chi connectivity index (χ3v) is 4.81. The number of amides is 1. The van der Waals surface area contributed by atoms with E-state index < -0.39 is 9.05 Å². The van der Waals surface area contributed by atoms with Crippen LogP contribution in [0.1, 0.15) is 50.1 Å². The summed E-state index contributed by atoms with van der Waals surface area (Å²) in [5.41, 5.74) is 0.405. The van der Waals surface area contributed by atoms with Crippen molar-refractivity contribution in [3.63, 3.8) is 0 Å². The van der Waals surface area contributed by atoms with Crippen molar-refractivity contribution in [1.29, 1.82) is 0 Å². The van der Waals surface area contributed by atoms with Crippen LogP contribution in [0.5, 0.6) is 0 Å². The van der Waals surface area contributed by atoms with E-state index in [0.717, 1.165) is 12.8 Å². The van der Waals surface area contributed by atoms with E-state index in [1.54, 1.807) is 9.47 Å². The second kappa shape index (κ2) is 5.41. The smallest absolute Gasteiger partial charge is 0.270 e. The van der Waals surface area contributed by atoms with E-state index in [9.17, 15) is 13.2 Å². The Labute approximate surface area is 123 Å². The number of rotatable bonds is 5. The highest BCUT2D eigenvalue weighted by molar-refractivity contribution is 8.13. The minimum absolute atomic E-state index is 0.00535. The van der Waals surface area contributed by atoms with E-state index in [1.807, 2.05) is 20.8 Å². The Hall–Kier alpha value is -1.01. The highest BCUT2D eigenvalue weighted by atomic mass is 35.7. The molecule has 0 aromatic carbocycles. The lowest BCUT2D eigenvalue weighted by molar-refractivity contribution is 0.0705. The van der Waals surface area contributed by atoms with Crippen molar-refractivity contribution in [3.05, 3.63) is 18.0 Å². The van der Waals surface area contributed by atoms with Crippen molar-refractivity contribution < 1.29 is 13.2 Å². The van der Waals surface area contributed by atoms with Gasteiger partial charge in [0.25, 0.3) is 15.0 Å². The van der Waals surface area contributed by atoms with Crippen LogP contribution in [0.15, 0.2) is 17.2 Å². The van der Waals surface area contributed by atoms with Crippen LogP contribution in [0.3, 0.4) is 0 Å². The molecule has 112 valence electrons. The predicted octanol–water partition coefficient (Wildman–Crippen LogP) is 2.62. The van der Waals surface area contributed by atoms with Gasteiger partial charge in [0, 0.05) is 35.5 Å². The van der Waals surface area contributed by atoms with Gasteiger partial charge in [-0.2, -0.15) is 0 Å². The predicted molar refractivity (Wildman–Crippen MR) is 77.6 cm³/mol. The number of nitrogens with zero attached hydrogens (tertiary/aromatic N) is 2. The zero-order valence-corrected chi connectivity index (χ0v) is 13.4. The molecule has 0 spiro atoms. The number of halogens is 1. The van der Waals surface area contributed by atoms with Gasteiger partial charge < -0.3 is 9.47 Å². The molecule has 0 aliphatic heterocycles. The molecule has 1 amide bonds. The minimum atomic E-state index is -3.82. The summed E-state index contributed by atoms with van der Waals surface area (Å²) in [6.07, 6.45) is 3.40. The Morgan fingerprint density at radius 3 is 2.50 bits per heavy atom. The van der Waals surface area contributed by atoms with Crippen molar-refractivity contribution in [2.75, 3.05) is 6.54 Å². The summed E-state index contributed by atoms with van der Waals surface area (Å²) >= 11 is 0. The Balaban J connectivity index is 2.44. The van der Waals surface area contributed by atoms with Gasteiger partial charge in [-0.25, -0.2) is 8.42 Å². The number of carbonyl (C=O) groups excluding carboxylic acids is 1. The molecular weight excluding hydrogens is 300 g/mol. The molecule has 1 aliphatic rings. The quantitative estimate of drug-likeness (QED) is 0.784. The normalized spacial score (nSPS) is 15.7. The number of aromatic nitrogens is 1. The lowest BCUT2D eigenvalue weighted by Crippen LogP contribution is -2.37. The van der Waals surface area contributed by atoms with E-state index in [4.69, 9.17) is 10.7 Å². The highest BCUT2D eigenvalue weighted by Crippen LogP contribution is 2.38. The molecule has 0 radical (unpaired) electrons. The van der Waals surface area contributed by atoms with Gasteiger partial charge in [0.2, 0.25) is 0 Å². The Kier molecular flexibility index (Phi) is 4.16. The van der Waals surface area contributed by atoms with E-state index in [1.165, 1.54) is 12.3 Å². The third-order valence-electron chi connectivity index (χ3n) is 3.49. The van der Waals surface area contributed by atoms with Gasteiger partial charge in [-0.05, 0) is 39.7 Å². The van der Waals surface area contributed by atoms with Crippen LogP contribution in [0.25, 0.3) is 0 Å². The molecule has 1 aromatic heterocycles. The van der Waals surface area contributed by atoms with Gasteiger partial charge in [0.05, 0.1) is 0 Å². The fraction of sp³-hybridized carbons (Fsp3) is 0.615. The van der Waals surface area contributed by atoms with Crippen LogP contribution in [0.2, 0.25) is 0 Å². The molecule has 1 aromatic rings. The average Bonchev–Trinajstić information content (AvgIpc) is 3.06. The van der Waals surface area contributed by atoms with Crippen LogP contribution < -0.4 is 0 Å². The highest BCUT2D eigenvalue weighted by Gasteiger charge is 2.31. The first kappa shape index (κ1) is 15.4. The average molecular weight is 319 g/mol. The third kappa shape index (κ3) is 3.01. The molecule has 5 nitrogen and oxygen atoms in total. The number of carbonyl (C=O) groups is 1. The molecule has 7 heteroatoms. The molecule has 0 N–H and O–H groups in total. The van der Waals surface area contributed by atoms with Gasteiger partial charge in [0.1, 0.15) is 10.6 Å². The largest absolute Gasteiger partial charge is 0.339 e. The molecule has 1 aliphatic carbocycles. The molecule has 0 unspecified atom stereocenters. The minimum Gasteiger partial charge on any atom is -0.339 e. The maximum atomic E-state index is 12.6. The van der Waals surface area contributed by atoms with Crippen molar-refractivity contribution in [2.45, 2.75) is 50.6 Å². The molecule has 0 bridgehead atoms. The van der Waals surface area contributed by atoms with Gasteiger partial charge in [-0.1, -0.05) is 0 Å². The van der Waals surface area contributed by atoms with Crippen LogP contribution >= 0.6 is 10.7 Å². The zero-order chi connectivity index (χ0) is 15.1. The fourth-order valence-corrected chi connectivity index (χ4v) is 3.05. The first-order valence-electron chi connectivity index (χ1n) is 6.73. The molecule has 1 heterocycles. The lowest BCUT2D eigenvalue weighted by atomic mass is 10.2. The first-order chi connectivity index (χ1) is 9.25. The Morgan fingerprint density at radius 2 is 2.10 bits per heavy atom. The Morgan fingerprint density at radius 1 is 1.50 bits per heavy atom. The van der Waals surface area contributed by atoms with Crippen molar-refractivity contribution >= 4 is 25.6 Å². The first-order valence-corrected chi connectivity index (χ1v) is 9.04. The summed E-state index contributed by atoms with van der Waals surface area (Å²) in [7, 11) is 1.57. The zero-order valence-electron chi connectivity index (χ0n) is 11.8. The second-order valence-electron chi connectivity index (χ2n) is 5.32. The summed E-state index contributed by atoms with van der Waals surface area (Å²) in [6.45, 7) is 6.35.